The molecular formula is C42H26O. The molecule has 0 unspecified atom stereocenters. The van der Waals surface area contributed by atoms with Crippen LogP contribution in [0.25, 0.3) is 87.6 Å². The maximum absolute atomic E-state index is 9.33. The van der Waals surface area contributed by atoms with Gasteiger partial charge < -0.3 is 4.42 Å². The summed E-state index contributed by atoms with van der Waals surface area (Å²) in [7, 11) is 0. The average molecular weight is 558 g/mol. The van der Waals surface area contributed by atoms with Gasteiger partial charge >= 0.3 is 0 Å². The van der Waals surface area contributed by atoms with E-state index in [0.717, 1.165) is 43.4 Å². The molecule has 0 aliphatic carbocycles. The van der Waals surface area contributed by atoms with Crippen LogP contribution in [0.1, 0.15) is 15.1 Å². The van der Waals surface area contributed by atoms with E-state index in [-0.39, 0.29) is 39.1 Å². The molecule has 1 aromatic heterocycles. The lowest BCUT2D eigenvalue weighted by Crippen LogP contribution is -1.91. The minimum atomic E-state index is -0.652. The van der Waals surface area contributed by atoms with Crippen LogP contribution in [-0.2, 0) is 0 Å². The lowest BCUT2D eigenvalue weighted by Gasteiger charge is -2.18. The van der Waals surface area contributed by atoms with Crippen LogP contribution < -0.4 is 0 Å². The molecule has 0 spiro atoms. The largest absolute Gasteiger partial charge is 0.455 e. The number of rotatable bonds is 3. The molecule has 0 atom stereocenters. The highest BCUT2D eigenvalue weighted by Gasteiger charge is 2.20. The van der Waals surface area contributed by atoms with Gasteiger partial charge in [-0.25, -0.2) is 0 Å². The van der Waals surface area contributed by atoms with Crippen LogP contribution in [0.4, 0.5) is 0 Å². The third kappa shape index (κ3) is 3.72. The molecule has 0 fully saturated rings. The number of fused-ring (bicyclic) bond motifs is 6. The summed E-state index contributed by atoms with van der Waals surface area (Å²) < 4.78 is 103. The van der Waals surface area contributed by atoms with E-state index in [2.05, 4.69) is 30.3 Å². The Labute approximate surface area is 264 Å². The van der Waals surface area contributed by atoms with E-state index >= 15 is 0 Å². The molecule has 0 amide bonds. The average Bonchev–Trinajstić information content (AvgIpc) is 3.59. The number of hydrogen-bond acceptors (Lipinski definition) is 1. The van der Waals surface area contributed by atoms with Crippen LogP contribution in [0.2, 0.25) is 0 Å². The van der Waals surface area contributed by atoms with Crippen LogP contribution in [0.3, 0.4) is 0 Å². The van der Waals surface area contributed by atoms with Gasteiger partial charge in [-0.05, 0) is 72.7 Å². The molecule has 0 N–H and O–H groups in total. The Bertz CT molecular complexity index is 3040. The highest BCUT2D eigenvalue weighted by atomic mass is 16.3. The zero-order valence-corrected chi connectivity index (χ0v) is 22.6. The Hall–Kier alpha value is -5.66. The number of para-hydroxylation sites is 1. The fourth-order valence-corrected chi connectivity index (χ4v) is 6.15. The number of furan rings is 1. The summed E-state index contributed by atoms with van der Waals surface area (Å²) in [6.07, 6.45) is 0. The summed E-state index contributed by atoms with van der Waals surface area (Å²) in [5.41, 5.74) is 1.61. The molecule has 1 nitrogen and oxygen atoms in total. The van der Waals surface area contributed by atoms with Crippen molar-refractivity contribution in [3.05, 3.63) is 157 Å². The first-order valence-corrected chi connectivity index (χ1v) is 13.9. The van der Waals surface area contributed by atoms with Gasteiger partial charge in [-0.15, -0.1) is 0 Å². The van der Waals surface area contributed by atoms with Gasteiger partial charge in [0.25, 0.3) is 0 Å². The maximum atomic E-state index is 9.33. The van der Waals surface area contributed by atoms with Crippen LogP contribution >= 0.6 is 0 Å². The standard InChI is InChI=1S/C42H26O/c1-2-11-27(12-3-1)30-23-24-32-37-19-10-20-38(42(37)43-39(32)26-30)41-35-17-8-6-15-33(35)40(34-16-7-9-18-36(34)41)31-22-21-28-13-4-5-14-29(28)25-31/h1-26H/i1D,2D,3D,10D,11D,12D,19D,20D,23D,24D,26D. The van der Waals surface area contributed by atoms with Gasteiger partial charge in [-0.1, -0.05) is 139 Å². The monoisotopic (exact) mass is 557 g/mol. The normalized spacial score (nSPS) is 15.3. The van der Waals surface area contributed by atoms with Crippen LogP contribution in [0.5, 0.6) is 0 Å². The van der Waals surface area contributed by atoms with Crippen molar-refractivity contribution >= 4 is 54.3 Å². The lowest BCUT2D eigenvalue weighted by atomic mass is 9.85. The summed E-state index contributed by atoms with van der Waals surface area (Å²) in [5.74, 6) is 0. The summed E-state index contributed by atoms with van der Waals surface area (Å²) in [4.78, 5) is 0. The van der Waals surface area contributed by atoms with Gasteiger partial charge in [-0.3, -0.25) is 0 Å². The SMILES string of the molecule is [2H]c1c([2H])c([2H])c(-c2c([2H])c([2H])c3c(oc4c(-c5c6ccccc6c(-c6ccc7ccccc7c6)c6ccccc56)c([2H])c([2H])c([2H])c43)c2[2H])c([2H])c1[2H]. The third-order valence-corrected chi connectivity index (χ3v) is 8.03. The van der Waals surface area contributed by atoms with E-state index < -0.39 is 66.0 Å². The molecular weight excluding hydrogens is 520 g/mol. The second-order valence-corrected chi connectivity index (χ2v) is 10.4. The van der Waals surface area contributed by atoms with E-state index in [0.29, 0.717) is 5.56 Å². The lowest BCUT2D eigenvalue weighted by molar-refractivity contribution is 0.670. The predicted molar refractivity (Wildman–Crippen MR) is 183 cm³/mol. The third-order valence-electron chi connectivity index (χ3n) is 8.03. The Morgan fingerprint density at radius 2 is 1.12 bits per heavy atom. The van der Waals surface area contributed by atoms with E-state index in [1.54, 1.807) is 0 Å². The van der Waals surface area contributed by atoms with E-state index in [4.69, 9.17) is 16.8 Å². The first kappa shape index (κ1) is 15.5. The molecule has 0 saturated heterocycles. The van der Waals surface area contributed by atoms with Crippen molar-refractivity contribution in [2.45, 2.75) is 0 Å². The molecule has 8 aromatic carbocycles. The Morgan fingerprint density at radius 3 is 1.86 bits per heavy atom. The van der Waals surface area contributed by atoms with Gasteiger partial charge in [0.1, 0.15) is 11.2 Å². The smallest absolute Gasteiger partial charge is 0.143 e. The van der Waals surface area contributed by atoms with Crippen molar-refractivity contribution < 1.29 is 19.5 Å². The van der Waals surface area contributed by atoms with Crippen LogP contribution in [0.15, 0.2) is 162 Å². The predicted octanol–water partition coefficient (Wildman–Crippen LogP) is 12.0. The first-order valence-electron chi connectivity index (χ1n) is 19.4. The number of benzene rings is 8. The zero-order chi connectivity index (χ0) is 37.9. The van der Waals surface area contributed by atoms with Gasteiger partial charge in [0.2, 0.25) is 0 Å². The molecule has 0 aliphatic rings. The second kappa shape index (κ2) is 9.44. The van der Waals surface area contributed by atoms with E-state index in [9.17, 15) is 2.74 Å². The van der Waals surface area contributed by atoms with Gasteiger partial charge in [0.15, 0.2) is 0 Å². The molecule has 1 heterocycles. The molecule has 0 saturated carbocycles. The Balaban J connectivity index is 1.44. The summed E-state index contributed by atoms with van der Waals surface area (Å²) in [5, 5.41) is 5.27. The fraction of sp³-hybridized carbons (Fsp3) is 0. The van der Waals surface area contributed by atoms with E-state index in [1.165, 1.54) is 0 Å². The summed E-state index contributed by atoms with van der Waals surface area (Å²) in [6.45, 7) is 0. The quantitative estimate of drug-likeness (QED) is 0.197. The van der Waals surface area contributed by atoms with Crippen molar-refractivity contribution in [1.29, 1.82) is 0 Å². The van der Waals surface area contributed by atoms with Gasteiger partial charge in [-0.2, -0.15) is 0 Å². The molecule has 200 valence electrons. The van der Waals surface area contributed by atoms with Crippen molar-refractivity contribution in [2.75, 3.05) is 0 Å². The van der Waals surface area contributed by atoms with Crippen LogP contribution in [0, 0.1) is 0 Å². The molecule has 0 bridgehead atoms. The molecule has 1 heteroatoms. The first-order chi connectivity index (χ1) is 25.9. The minimum absolute atomic E-state index is 0.0209. The minimum Gasteiger partial charge on any atom is -0.455 e. The molecule has 0 aliphatic heterocycles. The molecule has 43 heavy (non-hydrogen) atoms. The number of hydrogen-bond donors (Lipinski definition) is 0. The fourth-order valence-electron chi connectivity index (χ4n) is 6.15. The van der Waals surface area contributed by atoms with Gasteiger partial charge in [0, 0.05) is 21.9 Å². The zero-order valence-electron chi connectivity index (χ0n) is 33.6. The molecule has 9 aromatic rings. The molecule has 9 rings (SSSR count). The highest BCUT2D eigenvalue weighted by Crippen LogP contribution is 2.46. The van der Waals surface area contributed by atoms with E-state index in [1.807, 2.05) is 60.7 Å². The van der Waals surface area contributed by atoms with Crippen molar-refractivity contribution in [2.24, 2.45) is 0 Å². The second-order valence-electron chi connectivity index (χ2n) is 10.4. The van der Waals surface area contributed by atoms with Crippen LogP contribution in [-0.4, -0.2) is 0 Å². The topological polar surface area (TPSA) is 13.1 Å². The Morgan fingerprint density at radius 1 is 0.442 bits per heavy atom. The summed E-state index contributed by atoms with van der Waals surface area (Å²) in [6, 6.07) is 24.0. The molecule has 0 radical (unpaired) electrons. The highest BCUT2D eigenvalue weighted by molar-refractivity contribution is 6.24. The van der Waals surface area contributed by atoms with Gasteiger partial charge in [0.05, 0.1) is 15.1 Å². The van der Waals surface area contributed by atoms with Crippen molar-refractivity contribution in [1.82, 2.24) is 0 Å². The summed E-state index contributed by atoms with van der Waals surface area (Å²) >= 11 is 0. The van der Waals surface area contributed by atoms with Crippen molar-refractivity contribution in [3.63, 3.8) is 0 Å². The maximum Gasteiger partial charge on any atom is 0.143 e. The van der Waals surface area contributed by atoms with Crippen molar-refractivity contribution in [3.8, 4) is 33.4 Å². The Kier molecular flexibility index (Phi) is 3.41.